The number of hydrogen-bond donors (Lipinski definition) is 0. The number of hydrogen-bond acceptors (Lipinski definition) is 0. The smallest absolute Gasteiger partial charge is 0.0388 e. The predicted octanol–water partition coefficient (Wildman–Crippen LogP) is 6.98. The molecule has 2 unspecified atom stereocenters. The van der Waals surface area contributed by atoms with Crippen molar-refractivity contribution in [1.82, 2.24) is 0 Å². The van der Waals surface area contributed by atoms with Gasteiger partial charge in [-0.1, -0.05) is 105 Å². The van der Waals surface area contributed by atoms with Crippen molar-refractivity contribution in [3.63, 3.8) is 0 Å². The first kappa shape index (κ1) is 18.0. The van der Waals surface area contributed by atoms with Crippen LogP contribution in [0.1, 0.15) is 105 Å². The lowest BCUT2D eigenvalue weighted by atomic mass is 9.82. The molecule has 0 aliphatic carbocycles. The molecule has 110 valence electrons. The molecule has 0 saturated carbocycles. The van der Waals surface area contributed by atoms with Gasteiger partial charge in [-0.2, -0.15) is 0 Å². The second-order valence-corrected chi connectivity index (χ2v) is 6.22. The Balaban J connectivity index is 3.89. The minimum Gasteiger partial charge on any atom is -0.0654 e. The normalized spacial score (nSPS) is 14.7. The molecule has 0 saturated heterocycles. The molecule has 18 heavy (non-hydrogen) atoms. The van der Waals surface area contributed by atoms with E-state index >= 15 is 0 Å². The average molecular weight is 255 g/mol. The summed E-state index contributed by atoms with van der Waals surface area (Å²) in [6.45, 7) is 9.45. The quantitative estimate of drug-likeness (QED) is 0.311. The van der Waals surface area contributed by atoms with Gasteiger partial charge in [-0.3, -0.25) is 0 Å². The van der Waals surface area contributed by atoms with Crippen molar-refractivity contribution in [3.05, 3.63) is 0 Å². The van der Waals surface area contributed by atoms with Gasteiger partial charge in [0.2, 0.25) is 0 Å². The largest absolute Gasteiger partial charge is 0.0654 e. The topological polar surface area (TPSA) is 0 Å². The molecule has 0 radical (unpaired) electrons. The molecule has 0 aromatic heterocycles. The monoisotopic (exact) mass is 254 g/mol. The van der Waals surface area contributed by atoms with Gasteiger partial charge in [-0.25, -0.2) is 0 Å². The second kappa shape index (κ2) is 13.4. The molecule has 0 heteroatoms. The van der Waals surface area contributed by atoms with Gasteiger partial charge in [0, 0.05) is 0 Å². The molecular formula is C18H38. The molecule has 0 aromatic carbocycles. The summed E-state index contributed by atoms with van der Waals surface area (Å²) in [6.07, 6.45) is 17.2. The third-order valence-corrected chi connectivity index (χ3v) is 4.42. The molecule has 0 bridgehead atoms. The van der Waals surface area contributed by atoms with E-state index in [1.165, 1.54) is 77.0 Å². The van der Waals surface area contributed by atoms with Crippen LogP contribution in [-0.2, 0) is 0 Å². The highest BCUT2D eigenvalue weighted by atomic mass is 14.2. The molecule has 0 amide bonds. The third-order valence-electron chi connectivity index (χ3n) is 4.42. The van der Waals surface area contributed by atoms with Gasteiger partial charge in [-0.15, -0.1) is 0 Å². The first-order chi connectivity index (χ1) is 8.76. The van der Waals surface area contributed by atoms with E-state index < -0.39 is 0 Å². The SMILES string of the molecule is CCCCCCC(CCCCC)C(C)CCCC. The van der Waals surface area contributed by atoms with Crippen LogP contribution >= 0.6 is 0 Å². The summed E-state index contributed by atoms with van der Waals surface area (Å²) in [5, 5.41) is 0. The van der Waals surface area contributed by atoms with Gasteiger partial charge in [0.15, 0.2) is 0 Å². The van der Waals surface area contributed by atoms with Crippen LogP contribution in [0.3, 0.4) is 0 Å². The summed E-state index contributed by atoms with van der Waals surface area (Å²) in [7, 11) is 0. The Morgan fingerprint density at radius 2 is 1.06 bits per heavy atom. The van der Waals surface area contributed by atoms with E-state index in [4.69, 9.17) is 0 Å². The molecule has 0 aliphatic rings. The van der Waals surface area contributed by atoms with Crippen LogP contribution in [-0.4, -0.2) is 0 Å². The van der Waals surface area contributed by atoms with Crippen LogP contribution in [0.15, 0.2) is 0 Å². The minimum atomic E-state index is 0.962. The minimum absolute atomic E-state index is 0.962. The van der Waals surface area contributed by atoms with Gasteiger partial charge in [0.1, 0.15) is 0 Å². The lowest BCUT2D eigenvalue weighted by molar-refractivity contribution is 0.277. The number of rotatable bonds is 13. The van der Waals surface area contributed by atoms with Crippen molar-refractivity contribution in [2.24, 2.45) is 11.8 Å². The first-order valence-electron chi connectivity index (χ1n) is 8.76. The highest BCUT2D eigenvalue weighted by Crippen LogP contribution is 2.28. The Labute approximate surface area is 117 Å². The standard InChI is InChI=1S/C18H38/c1-5-8-11-13-16-18(15-12-9-6-2)17(4)14-10-7-3/h17-18H,5-16H2,1-4H3. The van der Waals surface area contributed by atoms with Crippen molar-refractivity contribution in [1.29, 1.82) is 0 Å². The zero-order chi connectivity index (χ0) is 13.6. The second-order valence-electron chi connectivity index (χ2n) is 6.22. The van der Waals surface area contributed by atoms with Gasteiger partial charge in [0.05, 0.1) is 0 Å². The maximum atomic E-state index is 2.51. The number of unbranched alkanes of at least 4 members (excludes halogenated alkanes) is 6. The van der Waals surface area contributed by atoms with Gasteiger partial charge in [0.25, 0.3) is 0 Å². The summed E-state index contributed by atoms with van der Waals surface area (Å²) >= 11 is 0. The van der Waals surface area contributed by atoms with Gasteiger partial charge < -0.3 is 0 Å². The molecule has 0 nitrogen and oxygen atoms in total. The zero-order valence-electron chi connectivity index (χ0n) is 13.6. The Kier molecular flexibility index (Phi) is 13.4. The summed E-state index contributed by atoms with van der Waals surface area (Å²) < 4.78 is 0. The third kappa shape index (κ3) is 9.97. The summed E-state index contributed by atoms with van der Waals surface area (Å²) in [5.41, 5.74) is 0. The molecule has 0 N–H and O–H groups in total. The van der Waals surface area contributed by atoms with Crippen molar-refractivity contribution in [2.45, 2.75) is 105 Å². The Bertz CT molecular complexity index is 150. The van der Waals surface area contributed by atoms with Crippen molar-refractivity contribution in [3.8, 4) is 0 Å². The first-order valence-corrected chi connectivity index (χ1v) is 8.76. The molecule has 0 heterocycles. The van der Waals surface area contributed by atoms with Crippen LogP contribution in [0.4, 0.5) is 0 Å². The van der Waals surface area contributed by atoms with E-state index in [9.17, 15) is 0 Å². The van der Waals surface area contributed by atoms with Gasteiger partial charge in [-0.05, 0) is 11.8 Å². The van der Waals surface area contributed by atoms with E-state index in [1.54, 1.807) is 0 Å². The summed E-state index contributed by atoms with van der Waals surface area (Å²) in [6, 6.07) is 0. The van der Waals surface area contributed by atoms with Crippen LogP contribution in [0.25, 0.3) is 0 Å². The van der Waals surface area contributed by atoms with Crippen molar-refractivity contribution < 1.29 is 0 Å². The van der Waals surface area contributed by atoms with Crippen LogP contribution in [0.2, 0.25) is 0 Å². The lowest BCUT2D eigenvalue weighted by Gasteiger charge is -2.24. The van der Waals surface area contributed by atoms with E-state index in [-0.39, 0.29) is 0 Å². The fraction of sp³-hybridized carbons (Fsp3) is 1.00. The lowest BCUT2D eigenvalue weighted by Crippen LogP contribution is -2.12. The molecule has 2 atom stereocenters. The molecular weight excluding hydrogens is 216 g/mol. The average Bonchev–Trinajstić information content (AvgIpc) is 2.39. The van der Waals surface area contributed by atoms with Crippen molar-refractivity contribution >= 4 is 0 Å². The Morgan fingerprint density at radius 1 is 0.556 bits per heavy atom. The zero-order valence-corrected chi connectivity index (χ0v) is 13.6. The molecule has 0 aromatic rings. The predicted molar refractivity (Wildman–Crippen MR) is 85.1 cm³/mol. The highest BCUT2D eigenvalue weighted by Gasteiger charge is 2.16. The molecule has 0 rings (SSSR count). The van der Waals surface area contributed by atoms with Gasteiger partial charge >= 0.3 is 0 Å². The Hall–Kier alpha value is 0. The van der Waals surface area contributed by atoms with E-state index in [2.05, 4.69) is 27.7 Å². The molecule has 0 fully saturated rings. The summed E-state index contributed by atoms with van der Waals surface area (Å²) in [5.74, 6) is 1.98. The maximum absolute atomic E-state index is 2.51. The van der Waals surface area contributed by atoms with Crippen LogP contribution < -0.4 is 0 Å². The van der Waals surface area contributed by atoms with Crippen molar-refractivity contribution in [2.75, 3.05) is 0 Å². The van der Waals surface area contributed by atoms with Crippen LogP contribution in [0.5, 0.6) is 0 Å². The van der Waals surface area contributed by atoms with Crippen LogP contribution in [0, 0.1) is 11.8 Å². The van der Waals surface area contributed by atoms with E-state index in [0.29, 0.717) is 0 Å². The molecule has 0 aliphatic heterocycles. The highest BCUT2D eigenvalue weighted by molar-refractivity contribution is 4.67. The van der Waals surface area contributed by atoms with E-state index in [0.717, 1.165) is 11.8 Å². The van der Waals surface area contributed by atoms with E-state index in [1.807, 2.05) is 0 Å². The maximum Gasteiger partial charge on any atom is -0.0388 e. The fourth-order valence-electron chi connectivity index (χ4n) is 2.97. The molecule has 0 spiro atoms. The Morgan fingerprint density at radius 3 is 1.61 bits per heavy atom. The summed E-state index contributed by atoms with van der Waals surface area (Å²) in [4.78, 5) is 0. The fourth-order valence-corrected chi connectivity index (χ4v) is 2.97.